The molecule has 5 heavy (non-hydrogen) atoms. The smallest absolute Gasteiger partial charge is 0.0596 e. The molecule has 0 N–H and O–H groups in total. The SMILES string of the molecule is ClP(Cl)Cl.[Zn]. The largest absolute Gasteiger partial charge is 0.179 e. The summed E-state index contributed by atoms with van der Waals surface area (Å²) in [4.78, 5) is 0. The number of halogens is 3. The minimum Gasteiger partial charge on any atom is -0.0596 e. The first-order valence-corrected chi connectivity index (χ1v) is 4.56. The fourth-order valence-electron chi connectivity index (χ4n) is 0. The Morgan fingerprint density at radius 1 is 1.00 bits per heavy atom. The molecule has 0 heterocycles. The maximum absolute atomic E-state index is 4.87. The Kier molecular flexibility index (Phi) is 11.9. The van der Waals surface area contributed by atoms with Crippen LogP contribution in [0.5, 0.6) is 0 Å². The van der Waals surface area contributed by atoms with Gasteiger partial charge >= 0.3 is 0 Å². The van der Waals surface area contributed by atoms with Crippen molar-refractivity contribution in [3.63, 3.8) is 0 Å². The first kappa shape index (κ1) is 10.0. The van der Waals surface area contributed by atoms with Crippen molar-refractivity contribution in [2.75, 3.05) is 0 Å². The average molecular weight is 203 g/mol. The fourth-order valence-corrected chi connectivity index (χ4v) is 0. The summed E-state index contributed by atoms with van der Waals surface area (Å²) in [6.45, 7) is 0. The standard InChI is InChI=1S/Cl3P.Zn/c1-4(2)3;. The minimum absolute atomic E-state index is 0. The van der Waals surface area contributed by atoms with Gasteiger partial charge in [-0.1, -0.05) is 33.7 Å². The van der Waals surface area contributed by atoms with Gasteiger partial charge in [0.05, 0.1) is 0 Å². The van der Waals surface area contributed by atoms with Gasteiger partial charge in [0, 0.05) is 19.5 Å². The summed E-state index contributed by atoms with van der Waals surface area (Å²) in [7, 11) is 0. The summed E-state index contributed by atoms with van der Waals surface area (Å²) >= 11 is 14.6. The van der Waals surface area contributed by atoms with Crippen LogP contribution in [0.3, 0.4) is 0 Å². The Hall–Kier alpha value is 1.92. The van der Waals surface area contributed by atoms with Gasteiger partial charge in [-0.2, -0.15) is 0 Å². The Bertz CT molecular complexity index is 11.6. The van der Waals surface area contributed by atoms with Crippen molar-refractivity contribution in [3.8, 4) is 0 Å². The summed E-state index contributed by atoms with van der Waals surface area (Å²) < 4.78 is 0. The summed E-state index contributed by atoms with van der Waals surface area (Å²) in [5.74, 6) is -1.20. The molecule has 0 bridgehead atoms. The Balaban J connectivity index is 0. The van der Waals surface area contributed by atoms with Gasteiger partial charge in [0.25, 0.3) is 0 Å². The minimum atomic E-state index is -1.20. The van der Waals surface area contributed by atoms with Crippen molar-refractivity contribution in [2.24, 2.45) is 0 Å². The first-order valence-electron chi connectivity index (χ1n) is 0.507. The van der Waals surface area contributed by atoms with E-state index in [2.05, 4.69) is 0 Å². The van der Waals surface area contributed by atoms with E-state index < -0.39 is 5.98 Å². The number of hydrogen-bond acceptors (Lipinski definition) is 0. The van der Waals surface area contributed by atoms with Gasteiger partial charge in [-0.15, -0.1) is 0 Å². The second kappa shape index (κ2) is 5.92. The molecule has 0 rings (SSSR count). The molecule has 5 heteroatoms. The molecule has 0 unspecified atom stereocenters. The quantitative estimate of drug-likeness (QED) is 0.419. The van der Waals surface area contributed by atoms with Crippen LogP contribution >= 0.6 is 39.7 Å². The van der Waals surface area contributed by atoms with Crippen LogP contribution < -0.4 is 0 Å². The predicted octanol–water partition coefficient (Wildman–Crippen LogP) is 2.93. The molecule has 0 amide bonds. The average Bonchev–Trinajstić information content (AvgIpc) is 0.811. The van der Waals surface area contributed by atoms with Crippen LogP contribution in [0.2, 0.25) is 0 Å². The molecule has 0 aromatic heterocycles. The van der Waals surface area contributed by atoms with Gasteiger partial charge in [0.1, 0.15) is 0 Å². The normalized spacial score (nSPS) is 7.20. The molecule has 0 saturated carbocycles. The maximum atomic E-state index is 4.87. The third-order valence-electron chi connectivity index (χ3n) is 0. The summed E-state index contributed by atoms with van der Waals surface area (Å²) in [5, 5.41) is 0. The number of rotatable bonds is 0. The summed E-state index contributed by atoms with van der Waals surface area (Å²) in [5.41, 5.74) is 0. The van der Waals surface area contributed by atoms with Crippen LogP contribution in [0, 0.1) is 0 Å². The van der Waals surface area contributed by atoms with Crippen molar-refractivity contribution >= 4 is 39.7 Å². The van der Waals surface area contributed by atoms with Crippen LogP contribution in [-0.4, -0.2) is 0 Å². The zero-order valence-corrected chi connectivity index (χ0v) is 8.42. The third-order valence-corrected chi connectivity index (χ3v) is 0. The van der Waals surface area contributed by atoms with Gasteiger partial charge in [-0.3, -0.25) is 0 Å². The van der Waals surface area contributed by atoms with Gasteiger partial charge in [0.2, 0.25) is 0 Å². The van der Waals surface area contributed by atoms with E-state index in [1.54, 1.807) is 0 Å². The van der Waals surface area contributed by atoms with Crippen LogP contribution in [0.1, 0.15) is 0 Å². The second-order valence-corrected chi connectivity index (χ2v) is 5.17. The van der Waals surface area contributed by atoms with Crippen LogP contribution in [0.25, 0.3) is 0 Å². The molecule has 0 saturated heterocycles. The maximum Gasteiger partial charge on any atom is 0.179 e. The van der Waals surface area contributed by atoms with E-state index in [1.165, 1.54) is 0 Å². The second-order valence-electron chi connectivity index (χ2n) is 0.192. The van der Waals surface area contributed by atoms with E-state index in [-0.39, 0.29) is 19.5 Å². The van der Waals surface area contributed by atoms with E-state index in [0.717, 1.165) is 0 Å². The van der Waals surface area contributed by atoms with Gasteiger partial charge < -0.3 is 0 Å². The molecular formula is Cl3PZn. The van der Waals surface area contributed by atoms with Gasteiger partial charge in [0.15, 0.2) is 5.98 Å². The molecule has 0 aliphatic rings. The Morgan fingerprint density at radius 2 is 1.00 bits per heavy atom. The van der Waals surface area contributed by atoms with E-state index in [1.807, 2.05) is 0 Å². The van der Waals surface area contributed by atoms with Gasteiger partial charge in [-0.05, 0) is 0 Å². The zero-order valence-electron chi connectivity index (χ0n) is 2.29. The Morgan fingerprint density at radius 3 is 1.00 bits per heavy atom. The molecule has 28 valence electrons. The molecule has 0 aliphatic heterocycles. The molecule has 0 aromatic carbocycles. The molecule has 0 aliphatic carbocycles. The Labute approximate surface area is 59.0 Å². The molecule has 0 spiro atoms. The van der Waals surface area contributed by atoms with Crippen molar-refractivity contribution in [1.29, 1.82) is 0 Å². The summed E-state index contributed by atoms with van der Waals surface area (Å²) in [6.07, 6.45) is 0. The molecule has 0 fully saturated rings. The summed E-state index contributed by atoms with van der Waals surface area (Å²) in [6, 6.07) is 0. The van der Waals surface area contributed by atoms with Crippen molar-refractivity contribution in [3.05, 3.63) is 0 Å². The molecule has 0 atom stereocenters. The molecule has 0 aromatic rings. The number of hydrogen-bond donors (Lipinski definition) is 0. The predicted molar refractivity (Wildman–Crippen MR) is 24.5 cm³/mol. The zero-order chi connectivity index (χ0) is 3.58. The molecular weight excluding hydrogens is 203 g/mol. The van der Waals surface area contributed by atoms with Crippen LogP contribution in [-0.2, 0) is 19.5 Å². The van der Waals surface area contributed by atoms with Crippen LogP contribution in [0.15, 0.2) is 0 Å². The first-order chi connectivity index (χ1) is 1.73. The van der Waals surface area contributed by atoms with Gasteiger partial charge in [-0.25, -0.2) is 0 Å². The van der Waals surface area contributed by atoms with E-state index in [0.29, 0.717) is 0 Å². The van der Waals surface area contributed by atoms with Crippen molar-refractivity contribution < 1.29 is 19.5 Å². The van der Waals surface area contributed by atoms with E-state index in [9.17, 15) is 0 Å². The molecule has 0 nitrogen and oxygen atoms in total. The topological polar surface area (TPSA) is 0 Å². The fraction of sp³-hybridized carbons (Fsp3) is 0. The van der Waals surface area contributed by atoms with Crippen molar-refractivity contribution in [1.82, 2.24) is 0 Å². The monoisotopic (exact) mass is 200 g/mol. The third kappa shape index (κ3) is 24.6. The van der Waals surface area contributed by atoms with Crippen LogP contribution in [0.4, 0.5) is 0 Å². The van der Waals surface area contributed by atoms with E-state index >= 15 is 0 Å². The van der Waals surface area contributed by atoms with Crippen molar-refractivity contribution in [2.45, 2.75) is 0 Å². The molecule has 0 radical (unpaired) electrons. The van der Waals surface area contributed by atoms with E-state index in [4.69, 9.17) is 33.7 Å².